The molecule has 0 saturated carbocycles. The van der Waals surface area contributed by atoms with Crippen LogP contribution in [0.5, 0.6) is 5.75 Å². The van der Waals surface area contributed by atoms with Gasteiger partial charge in [0.05, 0.1) is 19.4 Å². The van der Waals surface area contributed by atoms with Crippen molar-refractivity contribution >= 4 is 34.6 Å². The first-order valence-electron chi connectivity index (χ1n) is 10.6. The summed E-state index contributed by atoms with van der Waals surface area (Å²) in [7, 11) is 3.30. The molecule has 0 aliphatic carbocycles. The number of ether oxygens (including phenoxy) is 1. The molecule has 2 aromatic carbocycles. The Morgan fingerprint density at radius 1 is 1.21 bits per heavy atom. The molecule has 33 heavy (non-hydrogen) atoms. The van der Waals surface area contributed by atoms with Crippen molar-refractivity contribution in [2.24, 2.45) is 5.10 Å². The van der Waals surface area contributed by atoms with E-state index in [0.29, 0.717) is 29.2 Å². The number of amides is 1. The number of benzene rings is 2. The van der Waals surface area contributed by atoms with E-state index in [2.05, 4.69) is 26.8 Å². The lowest BCUT2D eigenvalue weighted by atomic mass is 10.1. The number of hydrazone groups is 1. The summed E-state index contributed by atoms with van der Waals surface area (Å²) in [5.41, 5.74) is 4.17. The standard InChI is InChI=1S/C24H29ClFN5O2/c1-18(29(2)27-17-25)22-14-21(8-9-23(22)33-3)28-24(32)16-31-12-10-30(11-13-31)15-19-4-6-20(26)7-5-19/h4-9,14,17H,1,10-13,15-16H2,2-3H3,(H,28,32)/b27-17-. The normalized spacial score (nSPS) is 14.9. The van der Waals surface area contributed by atoms with Gasteiger partial charge in [-0.1, -0.05) is 30.3 Å². The molecule has 0 bridgehead atoms. The lowest BCUT2D eigenvalue weighted by Crippen LogP contribution is -2.48. The molecule has 3 rings (SSSR count). The molecule has 1 heterocycles. The van der Waals surface area contributed by atoms with Crippen LogP contribution in [0.15, 0.2) is 54.1 Å². The van der Waals surface area contributed by atoms with Crippen molar-refractivity contribution in [3.8, 4) is 5.75 Å². The van der Waals surface area contributed by atoms with Crippen LogP contribution in [0, 0.1) is 5.82 Å². The third-order valence-electron chi connectivity index (χ3n) is 5.55. The molecule has 176 valence electrons. The molecule has 1 aliphatic rings. The summed E-state index contributed by atoms with van der Waals surface area (Å²) in [6.45, 7) is 8.41. The average molecular weight is 474 g/mol. The van der Waals surface area contributed by atoms with E-state index in [4.69, 9.17) is 16.3 Å². The van der Waals surface area contributed by atoms with Crippen molar-refractivity contribution in [3.63, 3.8) is 0 Å². The van der Waals surface area contributed by atoms with Gasteiger partial charge in [0, 0.05) is 51.0 Å². The Kier molecular flexibility index (Phi) is 8.82. The van der Waals surface area contributed by atoms with Crippen molar-refractivity contribution in [2.45, 2.75) is 6.54 Å². The van der Waals surface area contributed by atoms with E-state index in [-0.39, 0.29) is 11.7 Å². The van der Waals surface area contributed by atoms with Crippen LogP contribution in [-0.4, -0.2) is 73.3 Å². The minimum atomic E-state index is -0.223. The first-order valence-corrected chi connectivity index (χ1v) is 11.1. The zero-order valence-electron chi connectivity index (χ0n) is 18.9. The van der Waals surface area contributed by atoms with Crippen LogP contribution in [0.4, 0.5) is 10.1 Å². The van der Waals surface area contributed by atoms with Crippen LogP contribution in [-0.2, 0) is 11.3 Å². The van der Waals surface area contributed by atoms with Crippen LogP contribution in [0.3, 0.4) is 0 Å². The Morgan fingerprint density at radius 3 is 2.52 bits per heavy atom. The highest BCUT2D eigenvalue weighted by Gasteiger charge is 2.20. The van der Waals surface area contributed by atoms with Gasteiger partial charge in [-0.05, 0) is 35.9 Å². The van der Waals surface area contributed by atoms with Gasteiger partial charge < -0.3 is 10.1 Å². The maximum absolute atomic E-state index is 13.1. The van der Waals surface area contributed by atoms with Crippen LogP contribution in [0.1, 0.15) is 11.1 Å². The van der Waals surface area contributed by atoms with E-state index in [1.165, 1.54) is 17.1 Å². The third kappa shape index (κ3) is 7.02. The number of hydrogen-bond acceptors (Lipinski definition) is 6. The van der Waals surface area contributed by atoms with Gasteiger partial charge in [0.2, 0.25) is 5.91 Å². The molecular weight excluding hydrogens is 445 g/mol. The smallest absolute Gasteiger partial charge is 0.238 e. The van der Waals surface area contributed by atoms with E-state index in [1.807, 2.05) is 12.1 Å². The summed E-state index contributed by atoms with van der Waals surface area (Å²) in [6.07, 6.45) is 0. The fraction of sp³-hybridized carbons (Fsp3) is 0.333. The predicted molar refractivity (Wildman–Crippen MR) is 131 cm³/mol. The molecule has 2 aromatic rings. The van der Waals surface area contributed by atoms with Crippen LogP contribution >= 0.6 is 11.6 Å². The Morgan fingerprint density at radius 2 is 1.88 bits per heavy atom. The number of halogens is 2. The van der Waals surface area contributed by atoms with Gasteiger partial charge in [-0.15, -0.1) is 0 Å². The minimum Gasteiger partial charge on any atom is -0.496 e. The Bertz CT molecular complexity index is 991. The molecule has 0 atom stereocenters. The Hall–Kier alpha value is -2.94. The van der Waals surface area contributed by atoms with E-state index in [9.17, 15) is 9.18 Å². The highest BCUT2D eigenvalue weighted by atomic mass is 35.5. The lowest BCUT2D eigenvalue weighted by Gasteiger charge is -2.34. The first kappa shape index (κ1) is 24.7. The van der Waals surface area contributed by atoms with Crippen molar-refractivity contribution in [2.75, 3.05) is 52.2 Å². The zero-order valence-corrected chi connectivity index (χ0v) is 19.7. The third-order valence-corrected chi connectivity index (χ3v) is 5.64. The number of rotatable bonds is 9. The maximum Gasteiger partial charge on any atom is 0.238 e. The molecule has 1 amide bonds. The molecule has 1 fully saturated rings. The second-order valence-corrected chi connectivity index (χ2v) is 8.02. The number of carbonyl (C=O) groups excluding carboxylic acids is 1. The number of anilines is 1. The summed E-state index contributed by atoms with van der Waals surface area (Å²) in [5.74, 6) is 0.307. The number of hydrogen-bond donors (Lipinski definition) is 1. The SMILES string of the molecule is C=C(c1cc(NC(=O)CN2CCN(Cc3ccc(F)cc3)CC2)ccc1OC)N(C)/N=C\Cl. The van der Waals surface area contributed by atoms with Crippen molar-refractivity contribution in [1.82, 2.24) is 14.8 Å². The van der Waals surface area contributed by atoms with Crippen molar-refractivity contribution < 1.29 is 13.9 Å². The van der Waals surface area contributed by atoms with E-state index >= 15 is 0 Å². The van der Waals surface area contributed by atoms with Crippen LogP contribution < -0.4 is 10.1 Å². The topological polar surface area (TPSA) is 60.4 Å². The molecule has 7 nitrogen and oxygen atoms in total. The molecule has 1 saturated heterocycles. The molecule has 0 spiro atoms. The van der Waals surface area contributed by atoms with Gasteiger partial charge in [0.1, 0.15) is 17.2 Å². The van der Waals surface area contributed by atoms with Crippen LogP contribution in [0.25, 0.3) is 5.70 Å². The molecule has 0 unspecified atom stereocenters. The second-order valence-electron chi connectivity index (χ2n) is 7.83. The summed E-state index contributed by atoms with van der Waals surface area (Å²) >= 11 is 5.57. The fourth-order valence-electron chi connectivity index (χ4n) is 3.68. The highest BCUT2D eigenvalue weighted by Crippen LogP contribution is 2.30. The summed E-state index contributed by atoms with van der Waals surface area (Å²) in [6, 6.07) is 12.0. The summed E-state index contributed by atoms with van der Waals surface area (Å²) < 4.78 is 18.5. The van der Waals surface area contributed by atoms with Gasteiger partial charge in [0.15, 0.2) is 0 Å². The largest absolute Gasteiger partial charge is 0.496 e. The first-order chi connectivity index (χ1) is 15.9. The molecule has 9 heteroatoms. The Balaban J connectivity index is 1.53. The molecular formula is C24H29ClFN5O2. The second kappa shape index (κ2) is 11.8. The predicted octanol–water partition coefficient (Wildman–Crippen LogP) is 3.68. The van der Waals surface area contributed by atoms with Crippen molar-refractivity contribution in [1.29, 1.82) is 0 Å². The fourth-order valence-corrected chi connectivity index (χ4v) is 3.81. The number of methoxy groups -OCH3 is 1. The van der Waals surface area contributed by atoms with Gasteiger partial charge >= 0.3 is 0 Å². The minimum absolute atomic E-state index is 0.0872. The van der Waals surface area contributed by atoms with Crippen LogP contribution in [0.2, 0.25) is 0 Å². The van der Waals surface area contributed by atoms with E-state index < -0.39 is 0 Å². The van der Waals surface area contributed by atoms with E-state index in [0.717, 1.165) is 44.0 Å². The molecule has 0 aromatic heterocycles. The monoisotopic (exact) mass is 473 g/mol. The lowest BCUT2D eigenvalue weighted by molar-refractivity contribution is -0.117. The van der Waals surface area contributed by atoms with Gasteiger partial charge in [-0.3, -0.25) is 19.6 Å². The van der Waals surface area contributed by atoms with Crippen molar-refractivity contribution in [3.05, 3.63) is 66.0 Å². The molecule has 1 N–H and O–H groups in total. The number of piperazine rings is 1. The summed E-state index contributed by atoms with van der Waals surface area (Å²) in [4.78, 5) is 17.1. The summed E-state index contributed by atoms with van der Waals surface area (Å²) in [5, 5.41) is 8.47. The number of nitrogens with one attached hydrogen (secondary N) is 1. The zero-order chi connectivity index (χ0) is 23.8. The number of nitrogens with zero attached hydrogens (tertiary/aromatic N) is 4. The maximum atomic E-state index is 13.1. The average Bonchev–Trinajstić information content (AvgIpc) is 2.81. The van der Waals surface area contributed by atoms with Gasteiger partial charge in [-0.2, -0.15) is 5.10 Å². The number of carbonyl (C=O) groups is 1. The molecule has 0 radical (unpaired) electrons. The molecule has 1 aliphatic heterocycles. The van der Waals surface area contributed by atoms with Gasteiger partial charge in [0.25, 0.3) is 0 Å². The Labute approximate surface area is 199 Å². The quantitative estimate of drug-likeness (QED) is 0.445. The van der Waals surface area contributed by atoms with E-state index in [1.54, 1.807) is 32.4 Å². The highest BCUT2D eigenvalue weighted by molar-refractivity contribution is 6.56. The van der Waals surface area contributed by atoms with Gasteiger partial charge in [-0.25, -0.2) is 4.39 Å².